The van der Waals surface area contributed by atoms with Crippen molar-refractivity contribution in [3.8, 4) is 0 Å². The van der Waals surface area contributed by atoms with Crippen molar-refractivity contribution in [2.24, 2.45) is 5.92 Å². The second-order valence-corrected chi connectivity index (χ2v) is 6.11. The van der Waals surface area contributed by atoms with Crippen LogP contribution in [0.5, 0.6) is 0 Å². The van der Waals surface area contributed by atoms with Crippen LogP contribution in [0.2, 0.25) is 0 Å². The number of hydrogen-bond donors (Lipinski definition) is 1. The first-order valence-electron chi connectivity index (χ1n) is 7.86. The maximum absolute atomic E-state index is 5.37. The average Bonchev–Trinajstić information content (AvgIpc) is 2.51. The molecule has 2 heterocycles. The van der Waals surface area contributed by atoms with Gasteiger partial charge in [0, 0.05) is 19.1 Å². The highest BCUT2D eigenvalue weighted by Crippen LogP contribution is 2.26. The molecule has 0 radical (unpaired) electrons. The number of hydrogen-bond acceptors (Lipinski definition) is 4. The summed E-state index contributed by atoms with van der Waals surface area (Å²) in [7, 11) is 0. The number of aromatic nitrogens is 1. The zero-order chi connectivity index (χ0) is 13.8. The Morgan fingerprint density at radius 1 is 1.15 bits per heavy atom. The highest BCUT2D eigenvalue weighted by atomic mass is 16.5. The number of morpholine rings is 1. The molecular weight excluding hydrogens is 250 g/mol. The Morgan fingerprint density at radius 2 is 1.90 bits per heavy atom. The van der Waals surface area contributed by atoms with Crippen LogP contribution < -0.4 is 10.2 Å². The Labute approximate surface area is 121 Å². The fourth-order valence-corrected chi connectivity index (χ4v) is 3.09. The molecule has 1 aromatic rings. The lowest BCUT2D eigenvalue weighted by Crippen LogP contribution is -2.36. The van der Waals surface area contributed by atoms with Crippen molar-refractivity contribution in [1.82, 2.24) is 4.98 Å². The van der Waals surface area contributed by atoms with E-state index in [-0.39, 0.29) is 0 Å². The number of ether oxygens (including phenoxy) is 1. The van der Waals surface area contributed by atoms with E-state index in [1.807, 2.05) is 6.20 Å². The quantitative estimate of drug-likeness (QED) is 0.920. The zero-order valence-corrected chi connectivity index (χ0v) is 12.3. The van der Waals surface area contributed by atoms with Crippen molar-refractivity contribution in [3.63, 3.8) is 0 Å². The number of pyridine rings is 1. The van der Waals surface area contributed by atoms with Gasteiger partial charge in [-0.05, 0) is 43.7 Å². The molecular formula is C16H25N3O. The van der Waals surface area contributed by atoms with Gasteiger partial charge in [0.25, 0.3) is 0 Å². The third kappa shape index (κ3) is 3.42. The summed E-state index contributed by atoms with van der Waals surface area (Å²) in [6.45, 7) is 5.86. The molecule has 3 rings (SSSR count). The molecule has 0 unspecified atom stereocenters. The third-order valence-electron chi connectivity index (χ3n) is 4.47. The van der Waals surface area contributed by atoms with Gasteiger partial charge in [-0.25, -0.2) is 4.98 Å². The van der Waals surface area contributed by atoms with Gasteiger partial charge in [0.05, 0.1) is 25.1 Å². The van der Waals surface area contributed by atoms with Crippen LogP contribution in [0, 0.1) is 5.92 Å². The standard InChI is InChI=1S/C16H25N3O/c1-13-2-4-14(5-3-13)18-15-6-7-16(17-12-15)19-8-10-20-11-9-19/h6-7,12-14,18H,2-5,8-11H2,1H3. The van der Waals surface area contributed by atoms with Gasteiger partial charge in [0.1, 0.15) is 5.82 Å². The maximum Gasteiger partial charge on any atom is 0.128 e. The predicted octanol–water partition coefficient (Wildman–Crippen LogP) is 2.91. The number of nitrogens with zero attached hydrogens (tertiary/aromatic N) is 2. The molecule has 4 heteroatoms. The first-order valence-corrected chi connectivity index (χ1v) is 7.86. The molecule has 2 fully saturated rings. The normalized spacial score (nSPS) is 27.4. The lowest BCUT2D eigenvalue weighted by Gasteiger charge is -2.29. The Balaban J connectivity index is 1.55. The summed E-state index contributed by atoms with van der Waals surface area (Å²) in [4.78, 5) is 6.88. The summed E-state index contributed by atoms with van der Waals surface area (Å²) in [6, 6.07) is 4.91. The number of rotatable bonds is 3. The van der Waals surface area contributed by atoms with E-state index in [0.717, 1.165) is 43.7 Å². The third-order valence-corrected chi connectivity index (χ3v) is 4.47. The second kappa shape index (κ2) is 6.44. The number of nitrogens with one attached hydrogen (secondary N) is 1. The van der Waals surface area contributed by atoms with E-state index >= 15 is 0 Å². The molecule has 1 saturated carbocycles. The molecule has 0 bridgehead atoms. The summed E-state index contributed by atoms with van der Waals surface area (Å²) in [5.41, 5.74) is 1.15. The van der Waals surface area contributed by atoms with Crippen molar-refractivity contribution in [2.45, 2.75) is 38.6 Å². The molecule has 1 saturated heterocycles. The van der Waals surface area contributed by atoms with Gasteiger partial charge in [-0.1, -0.05) is 6.92 Å². The van der Waals surface area contributed by atoms with Gasteiger partial charge in [0.15, 0.2) is 0 Å². The minimum absolute atomic E-state index is 0.627. The topological polar surface area (TPSA) is 37.4 Å². The smallest absolute Gasteiger partial charge is 0.128 e. The van der Waals surface area contributed by atoms with E-state index in [1.54, 1.807) is 0 Å². The van der Waals surface area contributed by atoms with Crippen LogP contribution >= 0.6 is 0 Å². The second-order valence-electron chi connectivity index (χ2n) is 6.11. The van der Waals surface area contributed by atoms with E-state index in [4.69, 9.17) is 4.74 Å². The summed E-state index contributed by atoms with van der Waals surface area (Å²) >= 11 is 0. The van der Waals surface area contributed by atoms with Crippen LogP contribution in [0.4, 0.5) is 11.5 Å². The fourth-order valence-electron chi connectivity index (χ4n) is 3.09. The first kappa shape index (κ1) is 13.7. The maximum atomic E-state index is 5.37. The summed E-state index contributed by atoms with van der Waals surface area (Å²) in [6.07, 6.45) is 7.23. The van der Waals surface area contributed by atoms with Gasteiger partial charge in [-0.3, -0.25) is 0 Å². The molecule has 0 amide bonds. The van der Waals surface area contributed by atoms with Crippen molar-refractivity contribution >= 4 is 11.5 Å². The predicted molar refractivity (Wildman–Crippen MR) is 82.3 cm³/mol. The van der Waals surface area contributed by atoms with Gasteiger partial charge in [0.2, 0.25) is 0 Å². The highest BCUT2D eigenvalue weighted by molar-refractivity contribution is 5.49. The highest BCUT2D eigenvalue weighted by Gasteiger charge is 2.18. The van der Waals surface area contributed by atoms with Crippen LogP contribution in [0.15, 0.2) is 18.3 Å². The van der Waals surface area contributed by atoms with Crippen LogP contribution in [-0.4, -0.2) is 37.3 Å². The Hall–Kier alpha value is -1.29. The largest absolute Gasteiger partial charge is 0.381 e. The van der Waals surface area contributed by atoms with Crippen LogP contribution in [0.25, 0.3) is 0 Å². The molecule has 0 spiro atoms. The average molecular weight is 275 g/mol. The molecule has 4 nitrogen and oxygen atoms in total. The minimum Gasteiger partial charge on any atom is -0.381 e. The monoisotopic (exact) mass is 275 g/mol. The van der Waals surface area contributed by atoms with Crippen LogP contribution in [0.3, 0.4) is 0 Å². The van der Waals surface area contributed by atoms with E-state index < -0.39 is 0 Å². The first-order chi connectivity index (χ1) is 9.81. The van der Waals surface area contributed by atoms with Crippen molar-refractivity contribution in [3.05, 3.63) is 18.3 Å². The summed E-state index contributed by atoms with van der Waals surface area (Å²) < 4.78 is 5.37. The lowest BCUT2D eigenvalue weighted by atomic mass is 9.87. The summed E-state index contributed by atoms with van der Waals surface area (Å²) in [5.74, 6) is 1.96. The zero-order valence-electron chi connectivity index (χ0n) is 12.3. The summed E-state index contributed by atoms with van der Waals surface area (Å²) in [5, 5.41) is 3.63. The van der Waals surface area contributed by atoms with Gasteiger partial charge >= 0.3 is 0 Å². The van der Waals surface area contributed by atoms with Crippen LogP contribution in [-0.2, 0) is 4.74 Å². The molecule has 1 aliphatic carbocycles. The Kier molecular flexibility index (Phi) is 4.41. The van der Waals surface area contributed by atoms with Crippen LogP contribution in [0.1, 0.15) is 32.6 Å². The lowest BCUT2D eigenvalue weighted by molar-refractivity contribution is 0.122. The SMILES string of the molecule is CC1CCC(Nc2ccc(N3CCOCC3)nc2)CC1. The molecule has 2 aliphatic rings. The van der Waals surface area contributed by atoms with Gasteiger partial charge < -0.3 is 15.0 Å². The van der Waals surface area contributed by atoms with E-state index in [9.17, 15) is 0 Å². The minimum atomic E-state index is 0.627. The molecule has 0 atom stereocenters. The van der Waals surface area contributed by atoms with E-state index in [2.05, 4.69) is 34.3 Å². The van der Waals surface area contributed by atoms with Crippen molar-refractivity contribution in [2.75, 3.05) is 36.5 Å². The molecule has 0 aromatic carbocycles. The van der Waals surface area contributed by atoms with Gasteiger partial charge in [-0.15, -0.1) is 0 Å². The van der Waals surface area contributed by atoms with Crippen molar-refractivity contribution < 1.29 is 4.74 Å². The molecule has 110 valence electrons. The molecule has 1 N–H and O–H groups in total. The fraction of sp³-hybridized carbons (Fsp3) is 0.688. The Bertz CT molecular complexity index is 406. The Morgan fingerprint density at radius 3 is 2.55 bits per heavy atom. The number of anilines is 2. The molecule has 1 aliphatic heterocycles. The van der Waals surface area contributed by atoms with Gasteiger partial charge in [-0.2, -0.15) is 0 Å². The van der Waals surface area contributed by atoms with E-state index in [1.165, 1.54) is 25.7 Å². The molecule has 20 heavy (non-hydrogen) atoms. The molecule has 1 aromatic heterocycles. The van der Waals surface area contributed by atoms with E-state index in [0.29, 0.717) is 6.04 Å². The van der Waals surface area contributed by atoms with Crippen molar-refractivity contribution in [1.29, 1.82) is 0 Å².